The molecule has 2 aromatic carbocycles. The molecule has 0 saturated carbocycles. The molecule has 0 unspecified atom stereocenters. The minimum Gasteiger partial charge on any atom is -0.330 e. The number of pyridine rings is 1. The number of likely N-dealkylation sites (N-methyl/N-ethyl adjacent to an activating group) is 1. The topological polar surface area (TPSA) is 62.3 Å². The van der Waals surface area contributed by atoms with Crippen molar-refractivity contribution in [1.82, 2.24) is 9.88 Å². The van der Waals surface area contributed by atoms with Crippen LogP contribution >= 0.6 is 23.2 Å². The first-order chi connectivity index (χ1) is 13.8. The molecule has 150 valence electrons. The molecule has 0 bridgehead atoms. The molecule has 0 fully saturated rings. The number of aromatic nitrogens is 1. The summed E-state index contributed by atoms with van der Waals surface area (Å²) in [5.41, 5.74) is 3.40. The largest absolute Gasteiger partial charge is 0.330 e. The molecule has 1 heterocycles. The van der Waals surface area contributed by atoms with Crippen molar-refractivity contribution in [2.24, 2.45) is 0 Å². The van der Waals surface area contributed by atoms with Gasteiger partial charge in [0.1, 0.15) is 6.54 Å². The van der Waals surface area contributed by atoms with E-state index in [9.17, 15) is 9.59 Å². The van der Waals surface area contributed by atoms with Crippen molar-refractivity contribution in [1.29, 1.82) is 0 Å². The lowest BCUT2D eigenvalue weighted by atomic mass is 10.0. The molecular formula is C22H21Cl2N3O2. The second-order valence-electron chi connectivity index (χ2n) is 6.80. The van der Waals surface area contributed by atoms with E-state index in [2.05, 4.69) is 10.3 Å². The third-order valence-corrected chi connectivity index (χ3v) is 5.18. The number of hydrogen-bond acceptors (Lipinski definition) is 3. The number of amides is 2. The van der Waals surface area contributed by atoms with Crippen molar-refractivity contribution in [3.63, 3.8) is 0 Å². The Morgan fingerprint density at radius 2 is 1.76 bits per heavy atom. The maximum Gasteiger partial charge on any atom is 0.255 e. The van der Waals surface area contributed by atoms with Gasteiger partial charge < -0.3 is 10.2 Å². The standard InChI is InChI=1S/C22H21Cl2N3O2/c1-4-27(12-20(28)26-21-17(23)6-5-7-18(21)24)22(29)16-11-14(3)25-19-9-8-13(2)10-15(16)19/h5-11H,4,12H2,1-3H3,(H,26,28). The van der Waals surface area contributed by atoms with Crippen LogP contribution in [0.25, 0.3) is 10.9 Å². The van der Waals surface area contributed by atoms with Gasteiger partial charge in [-0.1, -0.05) is 40.9 Å². The minimum atomic E-state index is -0.374. The summed E-state index contributed by atoms with van der Waals surface area (Å²) in [7, 11) is 0. The zero-order valence-corrected chi connectivity index (χ0v) is 17.9. The fourth-order valence-electron chi connectivity index (χ4n) is 3.12. The number of anilines is 1. The molecule has 7 heteroatoms. The quantitative estimate of drug-likeness (QED) is 0.601. The fourth-order valence-corrected chi connectivity index (χ4v) is 3.61. The van der Waals surface area contributed by atoms with Crippen molar-refractivity contribution in [2.45, 2.75) is 20.8 Å². The SMILES string of the molecule is CCN(CC(=O)Nc1c(Cl)cccc1Cl)C(=O)c1cc(C)nc2ccc(C)cc12. The lowest BCUT2D eigenvalue weighted by Crippen LogP contribution is -2.38. The van der Waals surface area contributed by atoms with Crippen LogP contribution in [0.15, 0.2) is 42.5 Å². The van der Waals surface area contributed by atoms with Gasteiger partial charge in [-0.15, -0.1) is 0 Å². The Morgan fingerprint density at radius 1 is 1.07 bits per heavy atom. The number of nitrogens with zero attached hydrogens (tertiary/aromatic N) is 2. The van der Waals surface area contributed by atoms with E-state index in [-0.39, 0.29) is 18.4 Å². The van der Waals surface area contributed by atoms with Crippen LogP contribution in [0.1, 0.15) is 28.5 Å². The van der Waals surface area contributed by atoms with Gasteiger partial charge >= 0.3 is 0 Å². The summed E-state index contributed by atoms with van der Waals surface area (Å²) < 4.78 is 0. The number of aryl methyl sites for hydroxylation is 2. The summed E-state index contributed by atoms with van der Waals surface area (Å²) in [6.45, 7) is 5.89. The number of carbonyl (C=O) groups excluding carboxylic acids is 2. The summed E-state index contributed by atoms with van der Waals surface area (Å²) in [5, 5.41) is 4.15. The molecule has 0 aliphatic carbocycles. The Morgan fingerprint density at radius 3 is 2.41 bits per heavy atom. The molecule has 0 saturated heterocycles. The average Bonchev–Trinajstić information content (AvgIpc) is 2.68. The van der Waals surface area contributed by atoms with Gasteiger partial charge in [0.25, 0.3) is 5.91 Å². The number of fused-ring (bicyclic) bond motifs is 1. The minimum absolute atomic E-state index is 0.119. The average molecular weight is 430 g/mol. The van der Waals surface area contributed by atoms with E-state index in [1.54, 1.807) is 24.3 Å². The summed E-state index contributed by atoms with van der Waals surface area (Å²) >= 11 is 12.2. The third kappa shape index (κ3) is 4.69. The maximum absolute atomic E-state index is 13.2. The number of carbonyl (C=O) groups is 2. The van der Waals surface area contributed by atoms with E-state index < -0.39 is 0 Å². The fraction of sp³-hybridized carbons (Fsp3) is 0.227. The van der Waals surface area contributed by atoms with Crippen LogP contribution in [0.5, 0.6) is 0 Å². The van der Waals surface area contributed by atoms with E-state index in [1.807, 2.05) is 39.0 Å². The van der Waals surface area contributed by atoms with Crippen LogP contribution in [0.3, 0.4) is 0 Å². The molecule has 29 heavy (non-hydrogen) atoms. The zero-order chi connectivity index (χ0) is 21.1. The lowest BCUT2D eigenvalue weighted by molar-refractivity contribution is -0.116. The van der Waals surface area contributed by atoms with Crippen molar-refractivity contribution in [3.8, 4) is 0 Å². The van der Waals surface area contributed by atoms with E-state index in [4.69, 9.17) is 23.2 Å². The van der Waals surface area contributed by atoms with E-state index >= 15 is 0 Å². The molecule has 0 aliphatic heterocycles. The Balaban J connectivity index is 1.87. The Labute approximate surface area is 179 Å². The number of benzene rings is 2. The van der Waals surface area contributed by atoms with E-state index in [0.717, 1.165) is 22.2 Å². The molecule has 1 aromatic heterocycles. The van der Waals surface area contributed by atoms with Gasteiger partial charge in [-0.3, -0.25) is 14.6 Å². The summed E-state index contributed by atoms with van der Waals surface area (Å²) in [4.78, 5) is 31.8. The van der Waals surface area contributed by atoms with Crippen LogP contribution in [0.4, 0.5) is 5.69 Å². The van der Waals surface area contributed by atoms with Crippen LogP contribution < -0.4 is 5.32 Å². The second kappa shape index (κ2) is 8.80. The first-order valence-electron chi connectivity index (χ1n) is 9.21. The summed E-state index contributed by atoms with van der Waals surface area (Å²) in [6.07, 6.45) is 0. The van der Waals surface area contributed by atoms with Crippen LogP contribution in [0.2, 0.25) is 10.0 Å². The maximum atomic E-state index is 13.2. The molecule has 1 N–H and O–H groups in total. The highest BCUT2D eigenvalue weighted by atomic mass is 35.5. The molecule has 3 aromatic rings. The molecule has 0 radical (unpaired) electrons. The van der Waals surface area contributed by atoms with Crippen LogP contribution in [-0.2, 0) is 4.79 Å². The third-order valence-electron chi connectivity index (χ3n) is 4.55. The van der Waals surface area contributed by atoms with Crippen LogP contribution in [0, 0.1) is 13.8 Å². The molecule has 2 amide bonds. The van der Waals surface area contributed by atoms with Gasteiger partial charge in [0, 0.05) is 17.6 Å². The summed E-state index contributed by atoms with van der Waals surface area (Å²) in [5.74, 6) is -0.601. The normalized spacial score (nSPS) is 10.8. The van der Waals surface area contributed by atoms with Gasteiger partial charge in [0.05, 0.1) is 26.8 Å². The highest BCUT2D eigenvalue weighted by Gasteiger charge is 2.21. The van der Waals surface area contributed by atoms with Crippen molar-refractivity contribution in [3.05, 3.63) is 69.3 Å². The molecule has 0 spiro atoms. The highest BCUT2D eigenvalue weighted by Crippen LogP contribution is 2.29. The molecule has 0 aliphatic rings. The van der Waals surface area contributed by atoms with E-state index in [1.165, 1.54) is 4.90 Å². The van der Waals surface area contributed by atoms with Crippen molar-refractivity contribution in [2.75, 3.05) is 18.4 Å². The summed E-state index contributed by atoms with van der Waals surface area (Å²) in [6, 6.07) is 12.5. The van der Waals surface area contributed by atoms with Crippen molar-refractivity contribution < 1.29 is 9.59 Å². The van der Waals surface area contributed by atoms with Crippen molar-refractivity contribution >= 4 is 51.6 Å². The first kappa shape index (κ1) is 21.1. The first-order valence-corrected chi connectivity index (χ1v) is 9.97. The Hall–Kier alpha value is -2.63. The predicted molar refractivity (Wildman–Crippen MR) is 118 cm³/mol. The number of halogens is 2. The molecule has 0 atom stereocenters. The van der Waals surface area contributed by atoms with Gasteiger partial charge in [-0.05, 0) is 51.1 Å². The number of rotatable bonds is 5. The van der Waals surface area contributed by atoms with Gasteiger partial charge in [-0.25, -0.2) is 0 Å². The lowest BCUT2D eigenvalue weighted by Gasteiger charge is -2.22. The van der Waals surface area contributed by atoms with Gasteiger partial charge in [0.15, 0.2) is 0 Å². The molecular weight excluding hydrogens is 409 g/mol. The zero-order valence-electron chi connectivity index (χ0n) is 16.4. The number of para-hydroxylation sites is 1. The molecule has 3 rings (SSSR count). The number of nitrogens with one attached hydrogen (secondary N) is 1. The Bertz CT molecular complexity index is 1080. The number of hydrogen-bond donors (Lipinski definition) is 1. The van der Waals surface area contributed by atoms with Crippen LogP contribution in [-0.4, -0.2) is 34.8 Å². The van der Waals surface area contributed by atoms with Gasteiger partial charge in [0.2, 0.25) is 5.91 Å². The highest BCUT2D eigenvalue weighted by molar-refractivity contribution is 6.39. The van der Waals surface area contributed by atoms with Gasteiger partial charge in [-0.2, -0.15) is 0 Å². The second-order valence-corrected chi connectivity index (χ2v) is 7.61. The van der Waals surface area contributed by atoms with E-state index in [0.29, 0.717) is 27.8 Å². The Kier molecular flexibility index (Phi) is 6.40. The monoisotopic (exact) mass is 429 g/mol. The predicted octanol–water partition coefficient (Wildman–Crippen LogP) is 5.26. The molecule has 5 nitrogen and oxygen atoms in total. The smallest absolute Gasteiger partial charge is 0.255 e.